The Bertz CT molecular complexity index is 416. The molecule has 20 heavy (non-hydrogen) atoms. The van der Waals surface area contributed by atoms with Crippen LogP contribution in [0.2, 0.25) is 0 Å². The summed E-state index contributed by atoms with van der Waals surface area (Å²) in [6, 6.07) is 1.13. The summed E-state index contributed by atoms with van der Waals surface area (Å²) in [5, 5.41) is 0. The van der Waals surface area contributed by atoms with Gasteiger partial charge in [0.15, 0.2) is 0 Å². The lowest BCUT2D eigenvalue weighted by Crippen LogP contribution is -2.51. The van der Waals surface area contributed by atoms with Crippen molar-refractivity contribution in [3.8, 4) is 0 Å². The van der Waals surface area contributed by atoms with E-state index in [1.807, 2.05) is 17.9 Å². The van der Waals surface area contributed by atoms with E-state index in [1.54, 1.807) is 0 Å². The van der Waals surface area contributed by atoms with Crippen LogP contribution in [-0.2, 0) is 7.05 Å². The Kier molecular flexibility index (Phi) is 4.38. The number of hydrogen-bond donors (Lipinski definition) is 1. The lowest BCUT2D eigenvalue weighted by molar-refractivity contribution is 0.0711. The standard InChI is InChI=1S/C15H27N5/c1-18-11-14(17-12-18)15(10-16)20-8-6-19(7-9-20)13-4-2-3-5-13/h11-13,15H,2-10,16H2,1H3. The molecule has 0 amide bonds. The van der Waals surface area contributed by atoms with Crippen molar-refractivity contribution in [3.05, 3.63) is 18.2 Å². The largest absolute Gasteiger partial charge is 0.340 e. The number of imidazole rings is 1. The van der Waals surface area contributed by atoms with E-state index in [0.29, 0.717) is 6.54 Å². The molecule has 1 aliphatic carbocycles. The maximum Gasteiger partial charge on any atom is 0.0947 e. The monoisotopic (exact) mass is 277 g/mol. The number of nitrogens with zero attached hydrogens (tertiary/aromatic N) is 4. The summed E-state index contributed by atoms with van der Waals surface area (Å²) >= 11 is 0. The van der Waals surface area contributed by atoms with Gasteiger partial charge in [-0.3, -0.25) is 9.80 Å². The highest BCUT2D eigenvalue weighted by Gasteiger charge is 2.29. The van der Waals surface area contributed by atoms with Crippen LogP contribution < -0.4 is 5.73 Å². The second kappa shape index (κ2) is 6.24. The normalized spacial score (nSPS) is 24.3. The molecule has 1 unspecified atom stereocenters. The van der Waals surface area contributed by atoms with Crippen LogP contribution >= 0.6 is 0 Å². The molecule has 2 N–H and O–H groups in total. The summed E-state index contributed by atoms with van der Waals surface area (Å²) < 4.78 is 2.01. The first-order valence-corrected chi connectivity index (χ1v) is 7.94. The molecule has 2 heterocycles. The number of aryl methyl sites for hydroxylation is 1. The van der Waals surface area contributed by atoms with Crippen molar-refractivity contribution in [2.24, 2.45) is 12.8 Å². The van der Waals surface area contributed by atoms with Gasteiger partial charge >= 0.3 is 0 Å². The molecule has 0 aromatic carbocycles. The average molecular weight is 277 g/mol. The Hall–Kier alpha value is -0.910. The number of hydrogen-bond acceptors (Lipinski definition) is 4. The maximum atomic E-state index is 6.00. The first-order valence-electron chi connectivity index (χ1n) is 7.94. The first-order chi connectivity index (χ1) is 9.78. The van der Waals surface area contributed by atoms with Gasteiger partial charge < -0.3 is 10.3 Å². The Morgan fingerprint density at radius 2 is 1.95 bits per heavy atom. The van der Waals surface area contributed by atoms with Gasteiger partial charge in [0, 0.05) is 52.0 Å². The van der Waals surface area contributed by atoms with Crippen molar-refractivity contribution in [3.63, 3.8) is 0 Å². The van der Waals surface area contributed by atoms with Gasteiger partial charge in [-0.1, -0.05) is 12.8 Å². The molecule has 1 aromatic rings. The van der Waals surface area contributed by atoms with Gasteiger partial charge in [-0.2, -0.15) is 0 Å². The summed E-state index contributed by atoms with van der Waals surface area (Å²) in [6.45, 7) is 5.27. The molecule has 1 saturated heterocycles. The highest BCUT2D eigenvalue weighted by molar-refractivity contribution is 5.05. The summed E-state index contributed by atoms with van der Waals surface area (Å²) in [4.78, 5) is 9.68. The number of nitrogens with two attached hydrogens (primary N) is 1. The molecular weight excluding hydrogens is 250 g/mol. The molecular formula is C15H27N5. The molecule has 0 bridgehead atoms. The minimum atomic E-state index is 0.280. The summed E-state index contributed by atoms with van der Waals surface area (Å²) in [5.41, 5.74) is 7.11. The molecule has 1 aliphatic heterocycles. The second-order valence-electron chi connectivity index (χ2n) is 6.23. The molecule has 1 saturated carbocycles. The topological polar surface area (TPSA) is 50.3 Å². The third kappa shape index (κ3) is 2.90. The first kappa shape index (κ1) is 14.0. The molecule has 5 heteroatoms. The van der Waals surface area contributed by atoms with Crippen LogP contribution in [0.25, 0.3) is 0 Å². The van der Waals surface area contributed by atoms with Gasteiger partial charge in [0.2, 0.25) is 0 Å². The van der Waals surface area contributed by atoms with E-state index in [1.165, 1.54) is 38.8 Å². The van der Waals surface area contributed by atoms with Crippen LogP contribution in [-0.4, -0.2) is 58.1 Å². The number of aromatic nitrogens is 2. The van der Waals surface area contributed by atoms with Crippen molar-refractivity contribution in [2.45, 2.75) is 37.8 Å². The number of piperazine rings is 1. The minimum absolute atomic E-state index is 0.280. The molecule has 2 aliphatic rings. The Labute approximate surface area is 121 Å². The van der Waals surface area contributed by atoms with Gasteiger partial charge in [-0.15, -0.1) is 0 Å². The van der Waals surface area contributed by atoms with E-state index >= 15 is 0 Å². The average Bonchev–Trinajstić information content (AvgIpc) is 3.12. The Morgan fingerprint density at radius 1 is 1.25 bits per heavy atom. The van der Waals surface area contributed by atoms with E-state index in [-0.39, 0.29) is 6.04 Å². The van der Waals surface area contributed by atoms with Crippen molar-refractivity contribution in [1.82, 2.24) is 19.4 Å². The molecule has 0 radical (unpaired) electrons. The minimum Gasteiger partial charge on any atom is -0.340 e. The Morgan fingerprint density at radius 3 is 2.50 bits per heavy atom. The van der Waals surface area contributed by atoms with Crippen LogP contribution in [0, 0.1) is 0 Å². The van der Waals surface area contributed by atoms with E-state index in [9.17, 15) is 0 Å². The zero-order valence-electron chi connectivity index (χ0n) is 12.5. The molecule has 1 atom stereocenters. The van der Waals surface area contributed by atoms with Gasteiger partial charge in [-0.05, 0) is 12.8 Å². The maximum absolute atomic E-state index is 6.00. The third-order valence-corrected chi connectivity index (χ3v) is 4.92. The lowest BCUT2D eigenvalue weighted by Gasteiger charge is -2.40. The predicted octanol–water partition coefficient (Wildman–Crippen LogP) is 0.980. The SMILES string of the molecule is Cn1cnc(C(CN)N2CCN(C3CCCC3)CC2)c1. The van der Waals surface area contributed by atoms with Gasteiger partial charge in [0.05, 0.1) is 18.1 Å². The van der Waals surface area contributed by atoms with Crippen molar-refractivity contribution < 1.29 is 0 Å². The van der Waals surface area contributed by atoms with Crippen molar-refractivity contribution >= 4 is 0 Å². The van der Waals surface area contributed by atoms with Crippen molar-refractivity contribution in [2.75, 3.05) is 32.7 Å². The second-order valence-corrected chi connectivity index (χ2v) is 6.23. The number of rotatable bonds is 4. The van der Waals surface area contributed by atoms with Gasteiger partial charge in [0.1, 0.15) is 0 Å². The summed E-state index contributed by atoms with van der Waals surface area (Å²) in [5.74, 6) is 0. The molecule has 5 nitrogen and oxygen atoms in total. The quantitative estimate of drug-likeness (QED) is 0.891. The fraction of sp³-hybridized carbons (Fsp3) is 0.800. The summed E-state index contributed by atoms with van der Waals surface area (Å²) in [7, 11) is 2.02. The highest BCUT2D eigenvalue weighted by atomic mass is 15.3. The van der Waals surface area contributed by atoms with Crippen LogP contribution in [0.15, 0.2) is 12.5 Å². The summed E-state index contributed by atoms with van der Waals surface area (Å²) in [6.07, 6.45) is 9.61. The van der Waals surface area contributed by atoms with Gasteiger partial charge in [0.25, 0.3) is 0 Å². The molecule has 1 aromatic heterocycles. The van der Waals surface area contributed by atoms with Crippen LogP contribution in [0.1, 0.15) is 37.4 Å². The molecule has 3 rings (SSSR count). The van der Waals surface area contributed by atoms with Crippen LogP contribution in [0.3, 0.4) is 0 Å². The van der Waals surface area contributed by atoms with Crippen LogP contribution in [0.4, 0.5) is 0 Å². The van der Waals surface area contributed by atoms with E-state index in [2.05, 4.69) is 21.0 Å². The van der Waals surface area contributed by atoms with E-state index in [4.69, 9.17) is 5.73 Å². The zero-order valence-corrected chi connectivity index (χ0v) is 12.5. The van der Waals surface area contributed by atoms with Crippen molar-refractivity contribution in [1.29, 1.82) is 0 Å². The zero-order chi connectivity index (χ0) is 13.9. The lowest BCUT2D eigenvalue weighted by atomic mass is 10.1. The highest BCUT2D eigenvalue weighted by Crippen LogP contribution is 2.26. The smallest absolute Gasteiger partial charge is 0.0947 e. The third-order valence-electron chi connectivity index (χ3n) is 4.92. The van der Waals surface area contributed by atoms with E-state index < -0.39 is 0 Å². The molecule has 2 fully saturated rings. The predicted molar refractivity (Wildman–Crippen MR) is 80.4 cm³/mol. The van der Waals surface area contributed by atoms with E-state index in [0.717, 1.165) is 24.8 Å². The molecule has 0 spiro atoms. The fourth-order valence-corrected chi connectivity index (χ4v) is 3.75. The van der Waals surface area contributed by atoms with Gasteiger partial charge in [-0.25, -0.2) is 4.98 Å². The fourth-order valence-electron chi connectivity index (χ4n) is 3.75. The van der Waals surface area contributed by atoms with Crippen LogP contribution in [0.5, 0.6) is 0 Å². The molecule has 112 valence electrons. The Balaban J connectivity index is 1.58.